The van der Waals surface area contributed by atoms with Gasteiger partial charge >= 0.3 is 0 Å². The summed E-state index contributed by atoms with van der Waals surface area (Å²) < 4.78 is 1.31. The number of rotatable bonds is 7. The molecule has 1 unspecified atom stereocenters. The molecule has 1 amide bonds. The zero-order valence-electron chi connectivity index (χ0n) is 16.3. The highest BCUT2D eigenvalue weighted by molar-refractivity contribution is 7.17. The number of benzene rings is 2. The van der Waals surface area contributed by atoms with E-state index in [9.17, 15) is 4.79 Å². The Bertz CT molecular complexity index is 924. The van der Waals surface area contributed by atoms with Crippen LogP contribution in [0.3, 0.4) is 0 Å². The van der Waals surface area contributed by atoms with E-state index in [0.29, 0.717) is 12.5 Å². The third kappa shape index (κ3) is 4.54. The van der Waals surface area contributed by atoms with E-state index in [1.807, 2.05) is 13.1 Å². The predicted octanol–water partition coefficient (Wildman–Crippen LogP) is 3.98. The summed E-state index contributed by atoms with van der Waals surface area (Å²) in [5, 5.41) is 6.64. The Labute approximate surface area is 170 Å². The highest BCUT2D eigenvalue weighted by atomic mass is 32.1. The third-order valence-corrected chi connectivity index (χ3v) is 6.42. The highest BCUT2D eigenvalue weighted by Crippen LogP contribution is 2.26. The van der Waals surface area contributed by atoms with Gasteiger partial charge in [0.1, 0.15) is 0 Å². The number of para-hydroxylation sites is 1. The Kier molecular flexibility index (Phi) is 5.93. The lowest BCUT2D eigenvalue weighted by molar-refractivity contribution is -0.122. The van der Waals surface area contributed by atoms with Gasteiger partial charge < -0.3 is 10.2 Å². The largest absolute Gasteiger partial charge is 0.371 e. The SMILES string of the molecule is CN(CC(=O)NCC1CCN(c2ccccc2)C1)Cc1csc2ccccc12. The average Bonchev–Trinajstić information content (AvgIpc) is 3.35. The fourth-order valence-electron chi connectivity index (χ4n) is 3.93. The average molecular weight is 394 g/mol. The molecule has 4 rings (SSSR count). The third-order valence-electron chi connectivity index (χ3n) is 5.41. The van der Waals surface area contributed by atoms with Crippen molar-refractivity contribution in [2.24, 2.45) is 5.92 Å². The number of amides is 1. The topological polar surface area (TPSA) is 35.6 Å². The van der Waals surface area contributed by atoms with Gasteiger partial charge in [0, 0.05) is 36.6 Å². The van der Waals surface area contributed by atoms with Crippen LogP contribution in [0.1, 0.15) is 12.0 Å². The van der Waals surface area contributed by atoms with Crippen molar-refractivity contribution in [3.8, 4) is 0 Å². The minimum Gasteiger partial charge on any atom is -0.371 e. The number of fused-ring (bicyclic) bond motifs is 1. The summed E-state index contributed by atoms with van der Waals surface area (Å²) in [6, 6.07) is 19.0. The molecule has 2 heterocycles. The van der Waals surface area contributed by atoms with Crippen molar-refractivity contribution in [3.05, 3.63) is 65.5 Å². The number of thiophene rings is 1. The van der Waals surface area contributed by atoms with Crippen molar-refractivity contribution < 1.29 is 4.79 Å². The first-order chi connectivity index (χ1) is 13.7. The van der Waals surface area contributed by atoms with Crippen LogP contribution in [0.15, 0.2) is 60.0 Å². The van der Waals surface area contributed by atoms with Gasteiger partial charge in [0.25, 0.3) is 0 Å². The highest BCUT2D eigenvalue weighted by Gasteiger charge is 2.23. The summed E-state index contributed by atoms with van der Waals surface area (Å²) in [7, 11) is 2.01. The molecule has 3 aromatic rings. The van der Waals surface area contributed by atoms with Crippen LogP contribution in [0.4, 0.5) is 5.69 Å². The first-order valence-electron chi connectivity index (χ1n) is 9.89. The number of hydrogen-bond acceptors (Lipinski definition) is 4. The molecule has 1 aliphatic rings. The van der Waals surface area contributed by atoms with Gasteiger partial charge in [0.15, 0.2) is 0 Å². The molecule has 0 saturated carbocycles. The number of hydrogen-bond donors (Lipinski definition) is 1. The second-order valence-electron chi connectivity index (χ2n) is 7.67. The Morgan fingerprint density at radius 3 is 2.82 bits per heavy atom. The van der Waals surface area contributed by atoms with Crippen molar-refractivity contribution in [1.82, 2.24) is 10.2 Å². The Morgan fingerprint density at radius 1 is 1.18 bits per heavy atom. The summed E-state index contributed by atoms with van der Waals surface area (Å²) in [5.74, 6) is 0.635. The Hall–Kier alpha value is -2.37. The Balaban J connectivity index is 1.22. The van der Waals surface area contributed by atoms with Crippen molar-refractivity contribution in [2.45, 2.75) is 13.0 Å². The molecule has 1 aliphatic heterocycles. The maximum absolute atomic E-state index is 12.4. The van der Waals surface area contributed by atoms with Crippen LogP contribution in [0.2, 0.25) is 0 Å². The van der Waals surface area contributed by atoms with E-state index in [2.05, 4.69) is 69.0 Å². The van der Waals surface area contributed by atoms with Crippen LogP contribution in [0.5, 0.6) is 0 Å². The molecule has 0 aliphatic carbocycles. The molecule has 1 N–H and O–H groups in total. The molecule has 4 nitrogen and oxygen atoms in total. The van der Waals surface area contributed by atoms with Gasteiger partial charge in [-0.3, -0.25) is 9.69 Å². The van der Waals surface area contributed by atoms with Gasteiger partial charge in [0.2, 0.25) is 5.91 Å². The van der Waals surface area contributed by atoms with Gasteiger partial charge in [-0.15, -0.1) is 11.3 Å². The van der Waals surface area contributed by atoms with E-state index < -0.39 is 0 Å². The summed E-state index contributed by atoms with van der Waals surface area (Å²) in [6.45, 7) is 4.07. The van der Waals surface area contributed by atoms with E-state index in [1.165, 1.54) is 21.3 Å². The molecule has 28 heavy (non-hydrogen) atoms. The van der Waals surface area contributed by atoms with E-state index in [0.717, 1.165) is 32.6 Å². The van der Waals surface area contributed by atoms with Gasteiger partial charge in [-0.05, 0) is 53.9 Å². The zero-order valence-corrected chi connectivity index (χ0v) is 17.1. The van der Waals surface area contributed by atoms with Crippen LogP contribution < -0.4 is 10.2 Å². The fraction of sp³-hybridized carbons (Fsp3) is 0.348. The second-order valence-corrected chi connectivity index (χ2v) is 8.58. The number of anilines is 1. The molecule has 0 spiro atoms. The molecular weight excluding hydrogens is 366 g/mol. The standard InChI is InChI=1S/C23H27N3OS/c1-25(15-19-17-28-22-10-6-5-9-21(19)22)16-23(27)24-13-18-11-12-26(14-18)20-7-3-2-4-8-20/h2-10,17-18H,11-16H2,1H3,(H,24,27). The van der Waals surface area contributed by atoms with Gasteiger partial charge in [-0.25, -0.2) is 0 Å². The van der Waals surface area contributed by atoms with Crippen LogP contribution >= 0.6 is 11.3 Å². The normalized spacial score (nSPS) is 16.8. The molecule has 0 radical (unpaired) electrons. The maximum atomic E-state index is 12.4. The zero-order chi connectivity index (χ0) is 19.3. The quantitative estimate of drug-likeness (QED) is 0.660. The number of likely N-dealkylation sites (N-methyl/N-ethyl adjacent to an activating group) is 1. The molecule has 1 fully saturated rings. The lowest BCUT2D eigenvalue weighted by Gasteiger charge is -2.19. The summed E-state index contributed by atoms with van der Waals surface area (Å²) in [5.41, 5.74) is 2.57. The number of carbonyl (C=O) groups is 1. The second kappa shape index (κ2) is 8.76. The summed E-state index contributed by atoms with van der Waals surface area (Å²) in [4.78, 5) is 16.9. The molecule has 146 valence electrons. The van der Waals surface area contributed by atoms with Crippen molar-refractivity contribution in [2.75, 3.05) is 38.1 Å². The van der Waals surface area contributed by atoms with E-state index in [4.69, 9.17) is 0 Å². The van der Waals surface area contributed by atoms with Gasteiger partial charge in [-0.2, -0.15) is 0 Å². The first kappa shape index (κ1) is 19.0. The van der Waals surface area contributed by atoms with E-state index in [1.54, 1.807) is 11.3 Å². The van der Waals surface area contributed by atoms with Crippen molar-refractivity contribution in [1.29, 1.82) is 0 Å². The smallest absolute Gasteiger partial charge is 0.234 e. The van der Waals surface area contributed by atoms with E-state index >= 15 is 0 Å². The molecule has 1 saturated heterocycles. The van der Waals surface area contributed by atoms with E-state index in [-0.39, 0.29) is 5.91 Å². The maximum Gasteiger partial charge on any atom is 0.234 e. The monoisotopic (exact) mass is 393 g/mol. The molecule has 2 aromatic carbocycles. The molecule has 1 atom stereocenters. The predicted molar refractivity (Wildman–Crippen MR) is 118 cm³/mol. The van der Waals surface area contributed by atoms with Crippen molar-refractivity contribution in [3.63, 3.8) is 0 Å². The van der Waals surface area contributed by atoms with Crippen LogP contribution in [-0.2, 0) is 11.3 Å². The lowest BCUT2D eigenvalue weighted by atomic mass is 10.1. The number of nitrogens with zero attached hydrogens (tertiary/aromatic N) is 2. The summed E-state index contributed by atoms with van der Waals surface area (Å²) >= 11 is 1.77. The summed E-state index contributed by atoms with van der Waals surface area (Å²) in [6.07, 6.45) is 1.13. The molecule has 0 bridgehead atoms. The number of carbonyl (C=O) groups excluding carboxylic acids is 1. The minimum atomic E-state index is 0.111. The van der Waals surface area contributed by atoms with Gasteiger partial charge in [0.05, 0.1) is 6.54 Å². The van der Waals surface area contributed by atoms with Gasteiger partial charge in [-0.1, -0.05) is 36.4 Å². The lowest BCUT2D eigenvalue weighted by Crippen LogP contribution is -2.37. The molecule has 1 aromatic heterocycles. The first-order valence-corrected chi connectivity index (χ1v) is 10.8. The molecule has 5 heteroatoms. The number of nitrogens with one attached hydrogen (secondary N) is 1. The minimum absolute atomic E-state index is 0.111. The fourth-order valence-corrected chi connectivity index (χ4v) is 4.89. The van der Waals surface area contributed by atoms with Crippen molar-refractivity contribution >= 4 is 33.0 Å². The van der Waals surface area contributed by atoms with Crippen LogP contribution in [-0.4, -0.2) is 44.0 Å². The van der Waals surface area contributed by atoms with Crippen LogP contribution in [0, 0.1) is 5.92 Å². The van der Waals surface area contributed by atoms with Crippen LogP contribution in [0.25, 0.3) is 10.1 Å². The Morgan fingerprint density at radius 2 is 1.96 bits per heavy atom. The molecular formula is C23H27N3OS.